The van der Waals surface area contributed by atoms with E-state index >= 15 is 0 Å². The summed E-state index contributed by atoms with van der Waals surface area (Å²) in [5.41, 5.74) is 0. The molecule has 0 aromatic rings. The van der Waals surface area contributed by atoms with E-state index in [1.165, 1.54) is 0 Å². The number of hydrogen-bond donors (Lipinski definition) is 20. The smallest absolute Gasteiger partial charge is 0.187 e. The zero-order valence-corrected chi connectivity index (χ0v) is 35.0. The lowest BCUT2D eigenvalue weighted by Gasteiger charge is -2.50. The standard InChI is InChI=1S/C36H62O31/c37-1-7-14(44)20(50)30(31(56)57-7)67-36-25(55)29(18(48)12(6-42)62-36)66-35-24(54)28(17(47)11(5-41)61-35)65-34-23(53)27(16(46)10(4-40)60-34)64-33-22(52)26(15(45)9(3-39)59-33)63-32-21(51)19(49)13(43)8(2-38)58-32/h7-56H,1-6H2/t7-,8-,9-,10-,11-,12-,13-,14-,15-,16-,17-,18-,19+,20+,21+,22+,23+,24+,25+,26+,27+,28+,29+,30+,31?,32-,33-,34-,35-,36-/m1/s1. The van der Waals surface area contributed by atoms with E-state index in [9.17, 15) is 102 Å². The Labute approximate surface area is 378 Å². The van der Waals surface area contributed by atoms with Gasteiger partial charge in [0, 0.05) is 0 Å². The highest BCUT2D eigenvalue weighted by Crippen LogP contribution is 2.37. The fraction of sp³-hybridized carbons (Fsp3) is 1.00. The summed E-state index contributed by atoms with van der Waals surface area (Å²) < 4.78 is 60.5. The number of aliphatic hydroxyl groups is 20. The number of ether oxygens (including phenoxy) is 11. The quantitative estimate of drug-likeness (QED) is 0.0683. The molecule has 0 aromatic heterocycles. The lowest BCUT2D eigenvalue weighted by atomic mass is 9.95. The molecule has 6 aliphatic rings. The van der Waals surface area contributed by atoms with Crippen molar-refractivity contribution in [2.24, 2.45) is 0 Å². The molecule has 31 nitrogen and oxygen atoms in total. The maximum absolute atomic E-state index is 11.5. The van der Waals surface area contributed by atoms with Crippen molar-refractivity contribution in [2.75, 3.05) is 39.6 Å². The van der Waals surface area contributed by atoms with E-state index in [0.717, 1.165) is 0 Å². The molecule has 0 bridgehead atoms. The van der Waals surface area contributed by atoms with Gasteiger partial charge in [-0.2, -0.15) is 0 Å². The molecule has 67 heavy (non-hydrogen) atoms. The Kier molecular flexibility index (Phi) is 19.4. The van der Waals surface area contributed by atoms with Crippen LogP contribution in [0, 0.1) is 0 Å². The van der Waals surface area contributed by atoms with Crippen molar-refractivity contribution in [3.63, 3.8) is 0 Å². The first-order valence-corrected chi connectivity index (χ1v) is 21.1. The first-order valence-electron chi connectivity index (χ1n) is 21.1. The van der Waals surface area contributed by atoms with Crippen molar-refractivity contribution in [2.45, 2.75) is 184 Å². The highest BCUT2D eigenvalue weighted by atomic mass is 16.8. The van der Waals surface area contributed by atoms with Gasteiger partial charge in [-0.15, -0.1) is 0 Å². The summed E-state index contributed by atoms with van der Waals surface area (Å²) in [6.45, 7) is -5.75. The summed E-state index contributed by atoms with van der Waals surface area (Å²) in [6.07, 6.45) is -58.5. The summed E-state index contributed by atoms with van der Waals surface area (Å²) in [6, 6.07) is 0. The van der Waals surface area contributed by atoms with Crippen LogP contribution in [0.3, 0.4) is 0 Å². The van der Waals surface area contributed by atoms with Crippen LogP contribution in [0.25, 0.3) is 0 Å². The third-order valence-electron chi connectivity index (χ3n) is 12.4. The minimum atomic E-state index is -2.25. The predicted octanol–water partition coefficient (Wildman–Crippen LogP) is -14.1. The second kappa shape index (κ2) is 23.5. The average Bonchev–Trinajstić information content (AvgIpc) is 3.31. The first kappa shape index (κ1) is 55.1. The van der Waals surface area contributed by atoms with Gasteiger partial charge in [0.15, 0.2) is 37.7 Å². The third kappa shape index (κ3) is 11.2. The highest BCUT2D eigenvalue weighted by molar-refractivity contribution is 5.00. The molecule has 20 N–H and O–H groups in total. The van der Waals surface area contributed by atoms with Gasteiger partial charge in [0.05, 0.1) is 39.6 Å². The van der Waals surface area contributed by atoms with Gasteiger partial charge in [0.2, 0.25) is 0 Å². The van der Waals surface area contributed by atoms with Crippen LogP contribution in [0.15, 0.2) is 0 Å². The fourth-order valence-electron chi connectivity index (χ4n) is 8.48. The van der Waals surface area contributed by atoms with Crippen molar-refractivity contribution in [3.05, 3.63) is 0 Å². The molecule has 6 aliphatic heterocycles. The van der Waals surface area contributed by atoms with E-state index < -0.39 is 224 Å². The maximum Gasteiger partial charge on any atom is 0.187 e. The second-order valence-electron chi connectivity index (χ2n) is 16.8. The zero-order chi connectivity index (χ0) is 49.3. The number of aliphatic hydroxyl groups excluding tert-OH is 20. The fourth-order valence-corrected chi connectivity index (χ4v) is 8.48. The zero-order valence-electron chi connectivity index (χ0n) is 35.0. The van der Waals surface area contributed by atoms with Crippen LogP contribution in [0.5, 0.6) is 0 Å². The molecule has 6 heterocycles. The molecule has 6 fully saturated rings. The van der Waals surface area contributed by atoms with Gasteiger partial charge in [0.1, 0.15) is 146 Å². The molecule has 0 amide bonds. The van der Waals surface area contributed by atoms with Crippen LogP contribution in [0.1, 0.15) is 0 Å². The monoisotopic (exact) mass is 990 g/mol. The maximum atomic E-state index is 11.5. The minimum absolute atomic E-state index is 0.825. The van der Waals surface area contributed by atoms with Crippen molar-refractivity contribution >= 4 is 0 Å². The summed E-state index contributed by atoms with van der Waals surface area (Å²) >= 11 is 0. The normalized spacial score (nSPS) is 53.4. The molecule has 6 saturated heterocycles. The molecular weight excluding hydrogens is 928 g/mol. The average molecular weight is 991 g/mol. The van der Waals surface area contributed by atoms with Crippen LogP contribution in [0.4, 0.5) is 0 Å². The summed E-state index contributed by atoms with van der Waals surface area (Å²) in [5, 5.41) is 211. The first-order chi connectivity index (χ1) is 31.8. The molecule has 1 unspecified atom stereocenters. The molecule has 30 atom stereocenters. The molecule has 0 radical (unpaired) electrons. The molecule has 0 saturated carbocycles. The molecule has 6 rings (SSSR count). The molecule has 0 spiro atoms. The van der Waals surface area contributed by atoms with Crippen molar-refractivity contribution in [1.82, 2.24) is 0 Å². The van der Waals surface area contributed by atoms with Gasteiger partial charge in [-0.1, -0.05) is 0 Å². The molecular formula is C36H62O31. The Balaban J connectivity index is 1.18. The van der Waals surface area contributed by atoms with Crippen LogP contribution in [-0.2, 0) is 52.1 Å². The summed E-state index contributed by atoms with van der Waals surface area (Å²) in [4.78, 5) is 0. The van der Waals surface area contributed by atoms with E-state index in [2.05, 4.69) is 0 Å². The van der Waals surface area contributed by atoms with E-state index in [4.69, 9.17) is 52.1 Å². The van der Waals surface area contributed by atoms with Crippen molar-refractivity contribution < 1.29 is 154 Å². The largest absolute Gasteiger partial charge is 0.394 e. The van der Waals surface area contributed by atoms with Crippen LogP contribution in [0.2, 0.25) is 0 Å². The topological polar surface area (TPSA) is 506 Å². The minimum Gasteiger partial charge on any atom is -0.394 e. The highest BCUT2D eigenvalue weighted by Gasteiger charge is 2.58. The Morgan fingerprint density at radius 2 is 0.448 bits per heavy atom. The Bertz CT molecular complexity index is 1510. The van der Waals surface area contributed by atoms with Crippen LogP contribution < -0.4 is 0 Å². The Morgan fingerprint density at radius 3 is 0.731 bits per heavy atom. The van der Waals surface area contributed by atoms with E-state index in [1.807, 2.05) is 0 Å². The predicted molar refractivity (Wildman–Crippen MR) is 199 cm³/mol. The second-order valence-corrected chi connectivity index (χ2v) is 16.8. The van der Waals surface area contributed by atoms with Gasteiger partial charge in [-0.25, -0.2) is 0 Å². The van der Waals surface area contributed by atoms with Crippen molar-refractivity contribution in [3.8, 4) is 0 Å². The molecule has 392 valence electrons. The van der Waals surface area contributed by atoms with Gasteiger partial charge in [-0.05, 0) is 0 Å². The van der Waals surface area contributed by atoms with Crippen LogP contribution in [-0.4, -0.2) is 326 Å². The van der Waals surface area contributed by atoms with Gasteiger partial charge in [0.25, 0.3) is 0 Å². The molecule has 0 aliphatic carbocycles. The SMILES string of the molecule is OC[C@H]1O[C@H](O[C@@H]2[C@H](O)[C@@H](O[C@@H]3[C@H](O)[C@@H](O[C@@H]4[C@H](O)[C@@H](O[C@@H]5[C@H](O)[C@@H](O[C@@H]6C(O)O[C@H](CO)[C@@H](O)[C@@H]6O)O[C@H](CO)[C@H]5O)O[C@H](CO)[C@H]4O)O[C@H](CO)[C@H]3O)O[C@H](CO)[C@H]2O)[C@@H](O)[C@@H](O)[C@@H]1O. The summed E-state index contributed by atoms with van der Waals surface area (Å²) in [5.74, 6) is 0. The van der Waals surface area contributed by atoms with E-state index in [-0.39, 0.29) is 0 Å². The van der Waals surface area contributed by atoms with E-state index in [1.54, 1.807) is 0 Å². The van der Waals surface area contributed by atoms with Crippen molar-refractivity contribution in [1.29, 1.82) is 0 Å². The number of hydrogen-bond acceptors (Lipinski definition) is 31. The molecule has 31 heteroatoms. The molecule has 0 aromatic carbocycles. The number of rotatable bonds is 16. The van der Waals surface area contributed by atoms with Gasteiger partial charge < -0.3 is 154 Å². The van der Waals surface area contributed by atoms with Gasteiger partial charge in [-0.3, -0.25) is 0 Å². The Hall–Kier alpha value is -1.24. The van der Waals surface area contributed by atoms with E-state index in [0.29, 0.717) is 0 Å². The van der Waals surface area contributed by atoms with Crippen LogP contribution >= 0.6 is 0 Å². The lowest BCUT2D eigenvalue weighted by molar-refractivity contribution is -0.399. The summed E-state index contributed by atoms with van der Waals surface area (Å²) in [7, 11) is 0. The van der Waals surface area contributed by atoms with Gasteiger partial charge >= 0.3 is 0 Å². The third-order valence-corrected chi connectivity index (χ3v) is 12.4. The Morgan fingerprint density at radius 1 is 0.224 bits per heavy atom. The lowest BCUT2D eigenvalue weighted by Crippen LogP contribution is -2.68.